The van der Waals surface area contributed by atoms with Crippen molar-refractivity contribution in [1.82, 2.24) is 10.2 Å². The van der Waals surface area contributed by atoms with E-state index in [0.717, 1.165) is 44.4 Å². The first-order valence-corrected chi connectivity index (χ1v) is 13.1. The van der Waals surface area contributed by atoms with Crippen LogP contribution in [0.3, 0.4) is 0 Å². The van der Waals surface area contributed by atoms with Gasteiger partial charge in [-0.2, -0.15) is 0 Å². The zero-order chi connectivity index (χ0) is 21.7. The summed E-state index contributed by atoms with van der Waals surface area (Å²) in [5.41, 5.74) is 0.322. The second-order valence-electron chi connectivity index (χ2n) is 11.5. The summed E-state index contributed by atoms with van der Waals surface area (Å²) in [6.07, 6.45) is 10.7. The van der Waals surface area contributed by atoms with Crippen molar-refractivity contribution in [1.29, 1.82) is 0 Å². The second kappa shape index (κ2) is 11.3. The summed E-state index contributed by atoms with van der Waals surface area (Å²) in [6.45, 7) is 11.3. The van der Waals surface area contributed by atoms with Crippen molar-refractivity contribution in [2.75, 3.05) is 32.8 Å². The smallest absolute Gasteiger partial charge is 0.0677 e. The van der Waals surface area contributed by atoms with Gasteiger partial charge in [-0.1, -0.05) is 20.3 Å². The summed E-state index contributed by atoms with van der Waals surface area (Å²) in [6, 6.07) is 0.124. The molecule has 1 saturated heterocycles. The van der Waals surface area contributed by atoms with Gasteiger partial charge in [0, 0.05) is 31.1 Å². The zero-order valence-electron chi connectivity index (χ0n) is 19.7. The van der Waals surface area contributed by atoms with E-state index < -0.39 is 0 Å². The van der Waals surface area contributed by atoms with Crippen LogP contribution in [0.25, 0.3) is 0 Å². The van der Waals surface area contributed by atoms with Crippen LogP contribution in [-0.4, -0.2) is 65.4 Å². The summed E-state index contributed by atoms with van der Waals surface area (Å²) >= 11 is 6.35. The average Bonchev–Trinajstić information content (AvgIpc) is 2.71. The molecule has 3 aliphatic rings. The molecule has 0 spiro atoms. The largest absolute Gasteiger partial charge is 0.396 e. The quantitative estimate of drug-likeness (QED) is 0.491. The van der Waals surface area contributed by atoms with Gasteiger partial charge in [0.25, 0.3) is 0 Å². The SMILES string of the molecule is CC(O)[C@H](CN1CCC(C2CCC(Cl)CC2)C(C)(C)C1)NCC1CCCC(CO)C1. The number of nitrogens with one attached hydrogen (secondary N) is 1. The summed E-state index contributed by atoms with van der Waals surface area (Å²) in [7, 11) is 0. The maximum Gasteiger partial charge on any atom is 0.0677 e. The van der Waals surface area contributed by atoms with Crippen LogP contribution in [-0.2, 0) is 0 Å². The molecule has 1 aliphatic heterocycles. The number of piperidine rings is 1. The van der Waals surface area contributed by atoms with E-state index in [9.17, 15) is 10.2 Å². The molecule has 4 unspecified atom stereocenters. The predicted molar refractivity (Wildman–Crippen MR) is 126 cm³/mol. The minimum absolute atomic E-state index is 0.124. The molecule has 0 amide bonds. The minimum atomic E-state index is -0.345. The molecule has 1 heterocycles. The number of hydrogen-bond donors (Lipinski definition) is 3. The lowest BCUT2D eigenvalue weighted by Crippen LogP contribution is -2.54. The first-order valence-electron chi connectivity index (χ1n) is 12.7. The van der Waals surface area contributed by atoms with Gasteiger partial charge in [-0.3, -0.25) is 0 Å². The summed E-state index contributed by atoms with van der Waals surface area (Å²) in [5.74, 6) is 2.75. The van der Waals surface area contributed by atoms with Crippen LogP contribution in [0.2, 0.25) is 0 Å². The highest BCUT2D eigenvalue weighted by molar-refractivity contribution is 6.20. The normalized spacial score (nSPS) is 37.6. The fourth-order valence-corrected chi connectivity index (χ4v) is 6.98. The lowest BCUT2D eigenvalue weighted by Gasteiger charge is -2.49. The van der Waals surface area contributed by atoms with E-state index >= 15 is 0 Å². The number of likely N-dealkylation sites (tertiary alicyclic amines) is 1. The van der Waals surface area contributed by atoms with Crippen LogP contribution in [0, 0.1) is 29.1 Å². The van der Waals surface area contributed by atoms with E-state index in [1.807, 2.05) is 6.92 Å². The van der Waals surface area contributed by atoms with Gasteiger partial charge < -0.3 is 20.4 Å². The summed E-state index contributed by atoms with van der Waals surface area (Å²) in [5, 5.41) is 24.0. The lowest BCUT2D eigenvalue weighted by atomic mass is 9.64. The van der Waals surface area contributed by atoms with Gasteiger partial charge in [-0.25, -0.2) is 0 Å². The van der Waals surface area contributed by atoms with Gasteiger partial charge in [0.2, 0.25) is 0 Å². The van der Waals surface area contributed by atoms with Gasteiger partial charge in [0.05, 0.1) is 6.10 Å². The third kappa shape index (κ3) is 6.81. The molecular weight excluding hydrogens is 396 g/mol. The van der Waals surface area contributed by atoms with Crippen molar-refractivity contribution in [3.05, 3.63) is 0 Å². The molecule has 0 radical (unpaired) electrons. The van der Waals surface area contributed by atoms with Crippen molar-refractivity contribution in [3.63, 3.8) is 0 Å². The Labute approximate surface area is 190 Å². The Morgan fingerprint density at radius 3 is 2.40 bits per heavy atom. The molecule has 4 nitrogen and oxygen atoms in total. The molecule has 0 aromatic carbocycles. The van der Waals surface area contributed by atoms with E-state index in [1.165, 1.54) is 51.4 Å². The van der Waals surface area contributed by atoms with Crippen molar-refractivity contribution in [3.8, 4) is 0 Å². The number of alkyl halides is 1. The Morgan fingerprint density at radius 2 is 1.77 bits per heavy atom. The molecular formula is C25H47ClN2O2. The minimum Gasteiger partial charge on any atom is -0.396 e. The number of aliphatic hydroxyl groups is 2. The molecule has 30 heavy (non-hydrogen) atoms. The zero-order valence-corrected chi connectivity index (χ0v) is 20.4. The molecule has 2 aliphatic carbocycles. The highest BCUT2D eigenvalue weighted by atomic mass is 35.5. The maximum atomic E-state index is 10.4. The standard InChI is InChI=1S/C25H47ClN2O2/c1-18(30)24(27-14-19-5-4-6-20(13-19)16-29)15-28-12-11-23(25(2,3)17-28)21-7-9-22(26)10-8-21/h18-24,27,29-30H,4-17H2,1-3H3/t18?,19?,20?,21?,22?,23?,24-/m0/s1. The van der Waals surface area contributed by atoms with Crippen LogP contribution in [0.4, 0.5) is 0 Å². The average molecular weight is 443 g/mol. The Hall–Kier alpha value is 0.130. The van der Waals surface area contributed by atoms with Crippen LogP contribution in [0.5, 0.6) is 0 Å². The van der Waals surface area contributed by atoms with Gasteiger partial charge in [0.15, 0.2) is 0 Å². The Kier molecular flexibility index (Phi) is 9.34. The summed E-state index contributed by atoms with van der Waals surface area (Å²) in [4.78, 5) is 2.59. The van der Waals surface area contributed by atoms with E-state index in [0.29, 0.717) is 29.2 Å². The first kappa shape index (κ1) is 24.8. The highest BCUT2D eigenvalue weighted by Gasteiger charge is 2.41. The topological polar surface area (TPSA) is 55.7 Å². The maximum absolute atomic E-state index is 10.4. The van der Waals surface area contributed by atoms with Gasteiger partial charge >= 0.3 is 0 Å². The molecule has 0 aromatic rings. The van der Waals surface area contributed by atoms with Crippen LogP contribution < -0.4 is 5.32 Å². The number of nitrogens with zero attached hydrogens (tertiary/aromatic N) is 1. The van der Waals surface area contributed by atoms with E-state index in [2.05, 4.69) is 24.1 Å². The Morgan fingerprint density at radius 1 is 1.07 bits per heavy atom. The molecule has 2 saturated carbocycles. The molecule has 0 aromatic heterocycles. The fourth-order valence-electron chi connectivity index (χ4n) is 6.73. The number of hydrogen-bond acceptors (Lipinski definition) is 4. The molecule has 5 atom stereocenters. The Balaban J connectivity index is 1.49. The number of aliphatic hydroxyl groups excluding tert-OH is 2. The highest BCUT2D eigenvalue weighted by Crippen LogP contribution is 2.45. The van der Waals surface area contributed by atoms with Gasteiger partial charge in [-0.05, 0) is 100 Å². The third-order valence-electron chi connectivity index (χ3n) is 8.52. The first-order chi connectivity index (χ1) is 14.3. The number of halogens is 1. The van der Waals surface area contributed by atoms with E-state index in [4.69, 9.17) is 11.6 Å². The lowest BCUT2D eigenvalue weighted by molar-refractivity contribution is -0.00142. The molecule has 0 bridgehead atoms. The number of rotatable bonds is 8. The predicted octanol–water partition coefficient (Wildman–Crippen LogP) is 4.27. The van der Waals surface area contributed by atoms with E-state index in [1.54, 1.807) is 0 Å². The van der Waals surface area contributed by atoms with Crippen LogP contribution in [0.1, 0.15) is 78.6 Å². The Bertz CT molecular complexity index is 507. The van der Waals surface area contributed by atoms with Crippen molar-refractivity contribution in [2.45, 2.75) is 96.1 Å². The van der Waals surface area contributed by atoms with Crippen molar-refractivity contribution >= 4 is 11.6 Å². The molecule has 3 rings (SSSR count). The van der Waals surface area contributed by atoms with Gasteiger partial charge in [0.1, 0.15) is 0 Å². The van der Waals surface area contributed by atoms with Crippen molar-refractivity contribution in [2.24, 2.45) is 29.1 Å². The van der Waals surface area contributed by atoms with Crippen LogP contribution >= 0.6 is 11.6 Å². The second-order valence-corrected chi connectivity index (χ2v) is 12.1. The molecule has 3 fully saturated rings. The van der Waals surface area contributed by atoms with Crippen molar-refractivity contribution < 1.29 is 10.2 Å². The molecule has 176 valence electrons. The molecule has 5 heteroatoms. The monoisotopic (exact) mass is 442 g/mol. The third-order valence-corrected chi connectivity index (χ3v) is 8.95. The molecule has 3 N–H and O–H groups in total. The fraction of sp³-hybridized carbons (Fsp3) is 1.00. The van der Waals surface area contributed by atoms with Crippen LogP contribution in [0.15, 0.2) is 0 Å². The van der Waals surface area contributed by atoms with Gasteiger partial charge in [-0.15, -0.1) is 11.6 Å². The summed E-state index contributed by atoms with van der Waals surface area (Å²) < 4.78 is 0. The van der Waals surface area contributed by atoms with E-state index in [-0.39, 0.29) is 12.1 Å².